The summed E-state index contributed by atoms with van der Waals surface area (Å²) < 4.78 is 0. The molecule has 1 aromatic rings. The van der Waals surface area contributed by atoms with Crippen LogP contribution in [0.25, 0.3) is 0 Å². The van der Waals surface area contributed by atoms with Crippen LogP contribution in [0, 0.1) is 5.41 Å². The summed E-state index contributed by atoms with van der Waals surface area (Å²) in [7, 11) is 0. The zero-order valence-corrected chi connectivity index (χ0v) is 10.9. The Morgan fingerprint density at radius 3 is 2.39 bits per heavy atom. The van der Waals surface area contributed by atoms with E-state index in [1.165, 1.54) is 4.90 Å². The van der Waals surface area contributed by atoms with Crippen LogP contribution in [0.4, 0.5) is 5.69 Å². The Labute approximate surface area is 107 Å². The van der Waals surface area contributed by atoms with Crippen molar-refractivity contribution in [2.24, 2.45) is 11.1 Å². The molecule has 4 heteroatoms. The molecule has 1 saturated heterocycles. The van der Waals surface area contributed by atoms with E-state index in [1.54, 1.807) is 19.9 Å². The monoisotopic (exact) mass is 246 g/mol. The quantitative estimate of drug-likeness (QED) is 0.812. The predicted molar refractivity (Wildman–Crippen MR) is 69.9 cm³/mol. The molecule has 1 unspecified atom stereocenters. The Hall–Kier alpha value is -1.68. The van der Waals surface area contributed by atoms with Crippen molar-refractivity contribution < 1.29 is 9.59 Å². The lowest BCUT2D eigenvalue weighted by Gasteiger charge is -2.22. The fourth-order valence-corrected chi connectivity index (χ4v) is 2.27. The van der Waals surface area contributed by atoms with Gasteiger partial charge in [-0.15, -0.1) is 0 Å². The average molecular weight is 246 g/mol. The molecule has 0 spiro atoms. The van der Waals surface area contributed by atoms with Gasteiger partial charge in [0, 0.05) is 12.5 Å². The number of carbonyl (C=O) groups excluding carboxylic acids is 2. The van der Waals surface area contributed by atoms with Gasteiger partial charge in [-0.1, -0.05) is 32.0 Å². The van der Waals surface area contributed by atoms with Crippen LogP contribution in [0.3, 0.4) is 0 Å². The minimum Gasteiger partial charge on any atom is -0.324 e. The molecule has 18 heavy (non-hydrogen) atoms. The fraction of sp³-hybridized carbons (Fsp3) is 0.429. The fourth-order valence-electron chi connectivity index (χ4n) is 2.27. The van der Waals surface area contributed by atoms with Gasteiger partial charge in [-0.25, -0.2) is 4.90 Å². The topological polar surface area (TPSA) is 63.4 Å². The number of hydrogen-bond acceptors (Lipinski definition) is 3. The Balaban J connectivity index is 2.50. The number of rotatable bonds is 2. The first-order chi connectivity index (χ1) is 8.34. The molecule has 1 aromatic carbocycles. The molecule has 1 fully saturated rings. The first-order valence-electron chi connectivity index (χ1n) is 6.06. The number of imide groups is 1. The van der Waals surface area contributed by atoms with Gasteiger partial charge in [0.15, 0.2) is 0 Å². The molecule has 0 bridgehead atoms. The third kappa shape index (κ3) is 1.93. The third-order valence-corrected chi connectivity index (χ3v) is 3.29. The zero-order chi connectivity index (χ0) is 13.5. The van der Waals surface area contributed by atoms with Gasteiger partial charge in [-0.05, 0) is 18.6 Å². The van der Waals surface area contributed by atoms with Gasteiger partial charge in [0.25, 0.3) is 0 Å². The molecule has 2 N–H and O–H groups in total. The van der Waals surface area contributed by atoms with E-state index in [-0.39, 0.29) is 24.3 Å². The Morgan fingerprint density at radius 1 is 1.28 bits per heavy atom. The van der Waals surface area contributed by atoms with Gasteiger partial charge in [-0.2, -0.15) is 0 Å². The molecule has 1 aliphatic heterocycles. The van der Waals surface area contributed by atoms with Crippen molar-refractivity contribution in [2.45, 2.75) is 33.2 Å². The molecule has 0 saturated carbocycles. The van der Waals surface area contributed by atoms with Crippen LogP contribution >= 0.6 is 0 Å². The van der Waals surface area contributed by atoms with Crippen LogP contribution in [0.2, 0.25) is 0 Å². The second-order valence-corrected chi connectivity index (χ2v) is 5.44. The van der Waals surface area contributed by atoms with E-state index in [4.69, 9.17) is 5.73 Å². The van der Waals surface area contributed by atoms with E-state index >= 15 is 0 Å². The average Bonchev–Trinajstić information content (AvgIpc) is 2.48. The molecule has 1 heterocycles. The second-order valence-electron chi connectivity index (χ2n) is 5.44. The SMILES string of the molecule is CC(N)c1ccccc1N1C(=O)CC(C)(C)C1=O. The highest BCUT2D eigenvalue weighted by Crippen LogP contribution is 2.37. The predicted octanol–water partition coefficient (Wildman–Crippen LogP) is 2.00. The maximum atomic E-state index is 12.3. The van der Waals surface area contributed by atoms with Gasteiger partial charge in [-0.3, -0.25) is 9.59 Å². The molecule has 0 radical (unpaired) electrons. The van der Waals surface area contributed by atoms with E-state index in [1.807, 2.05) is 25.1 Å². The van der Waals surface area contributed by atoms with E-state index < -0.39 is 5.41 Å². The third-order valence-electron chi connectivity index (χ3n) is 3.29. The second kappa shape index (κ2) is 4.21. The molecule has 4 nitrogen and oxygen atoms in total. The minimum atomic E-state index is -0.623. The number of carbonyl (C=O) groups is 2. The summed E-state index contributed by atoms with van der Waals surface area (Å²) >= 11 is 0. The lowest BCUT2D eigenvalue weighted by atomic mass is 9.92. The van der Waals surface area contributed by atoms with Crippen LogP contribution in [0.1, 0.15) is 38.8 Å². The maximum absolute atomic E-state index is 12.3. The molecular weight excluding hydrogens is 228 g/mol. The maximum Gasteiger partial charge on any atom is 0.239 e. The van der Waals surface area contributed by atoms with Crippen molar-refractivity contribution in [2.75, 3.05) is 4.90 Å². The Bertz CT molecular complexity index is 506. The zero-order valence-electron chi connectivity index (χ0n) is 10.9. The summed E-state index contributed by atoms with van der Waals surface area (Å²) in [5.74, 6) is -0.307. The highest BCUT2D eigenvalue weighted by Gasteiger charge is 2.46. The summed E-state index contributed by atoms with van der Waals surface area (Å²) in [5, 5.41) is 0. The van der Waals surface area contributed by atoms with E-state index in [9.17, 15) is 9.59 Å². The van der Waals surface area contributed by atoms with E-state index in [2.05, 4.69) is 0 Å². The first-order valence-corrected chi connectivity index (χ1v) is 6.06. The molecule has 2 amide bonds. The van der Waals surface area contributed by atoms with Gasteiger partial charge >= 0.3 is 0 Å². The molecule has 0 aromatic heterocycles. The van der Waals surface area contributed by atoms with Crippen LogP contribution < -0.4 is 10.6 Å². The highest BCUT2D eigenvalue weighted by atomic mass is 16.2. The summed E-state index contributed by atoms with van der Waals surface area (Å²) in [4.78, 5) is 25.6. The smallest absolute Gasteiger partial charge is 0.239 e. The highest BCUT2D eigenvalue weighted by molar-refractivity contribution is 6.22. The standard InChI is InChI=1S/C14H18N2O2/c1-9(15)10-6-4-5-7-11(10)16-12(17)8-14(2,3)13(16)18/h4-7,9H,8,15H2,1-3H3. The van der Waals surface area contributed by atoms with Crippen molar-refractivity contribution in [1.29, 1.82) is 0 Å². The van der Waals surface area contributed by atoms with Gasteiger partial charge in [0.05, 0.1) is 11.1 Å². The van der Waals surface area contributed by atoms with Gasteiger partial charge in [0.1, 0.15) is 0 Å². The summed E-state index contributed by atoms with van der Waals surface area (Å²) in [6, 6.07) is 7.08. The normalized spacial score (nSPS) is 20.3. The lowest BCUT2D eigenvalue weighted by molar-refractivity contribution is -0.124. The van der Waals surface area contributed by atoms with Crippen molar-refractivity contribution >= 4 is 17.5 Å². The van der Waals surface area contributed by atoms with Crippen LogP contribution in [-0.2, 0) is 9.59 Å². The number of amides is 2. The minimum absolute atomic E-state index is 0.152. The Kier molecular flexibility index (Phi) is 2.99. The molecular formula is C14H18N2O2. The van der Waals surface area contributed by atoms with Gasteiger partial charge < -0.3 is 5.73 Å². The molecule has 2 rings (SSSR count). The van der Waals surface area contributed by atoms with Crippen LogP contribution in [0.15, 0.2) is 24.3 Å². The van der Waals surface area contributed by atoms with Gasteiger partial charge in [0.2, 0.25) is 11.8 Å². The number of nitrogens with two attached hydrogens (primary N) is 1. The van der Waals surface area contributed by atoms with Crippen molar-refractivity contribution in [3.05, 3.63) is 29.8 Å². The van der Waals surface area contributed by atoms with Crippen molar-refractivity contribution in [1.82, 2.24) is 0 Å². The lowest BCUT2D eigenvalue weighted by Crippen LogP contribution is -2.34. The number of anilines is 1. The van der Waals surface area contributed by atoms with E-state index in [0.29, 0.717) is 5.69 Å². The molecule has 1 atom stereocenters. The van der Waals surface area contributed by atoms with Crippen LogP contribution in [0.5, 0.6) is 0 Å². The summed E-state index contributed by atoms with van der Waals surface area (Å²) in [6.45, 7) is 5.43. The molecule has 96 valence electrons. The van der Waals surface area contributed by atoms with Crippen LogP contribution in [-0.4, -0.2) is 11.8 Å². The largest absolute Gasteiger partial charge is 0.324 e. The summed E-state index contributed by atoms with van der Waals surface area (Å²) in [6.07, 6.45) is 0.249. The first kappa shape index (κ1) is 12.8. The summed E-state index contributed by atoms with van der Waals surface area (Å²) in [5.41, 5.74) is 6.70. The van der Waals surface area contributed by atoms with Crippen molar-refractivity contribution in [3.63, 3.8) is 0 Å². The number of nitrogens with zero attached hydrogens (tertiary/aromatic N) is 1. The van der Waals surface area contributed by atoms with E-state index in [0.717, 1.165) is 5.56 Å². The number of hydrogen-bond donors (Lipinski definition) is 1. The Morgan fingerprint density at radius 2 is 1.89 bits per heavy atom. The van der Waals surface area contributed by atoms with Crippen molar-refractivity contribution in [3.8, 4) is 0 Å². The molecule has 1 aliphatic rings. The number of para-hydroxylation sites is 1. The molecule has 0 aliphatic carbocycles. The number of benzene rings is 1.